The zero-order valence-corrected chi connectivity index (χ0v) is 30.2. The third-order valence-electron chi connectivity index (χ3n) is 11.3. The van der Waals surface area contributed by atoms with E-state index in [9.17, 15) is 0 Å². The van der Waals surface area contributed by atoms with Gasteiger partial charge in [-0.1, -0.05) is 164 Å². The number of hydrogen-bond acceptors (Lipinski definition) is 0. The molecule has 1 nitrogen and oxygen atoms in total. The van der Waals surface area contributed by atoms with Crippen molar-refractivity contribution in [3.8, 4) is 66.8 Å². The highest BCUT2D eigenvalue weighted by Gasteiger charge is 2.20. The van der Waals surface area contributed by atoms with Gasteiger partial charge in [-0.3, -0.25) is 0 Å². The van der Waals surface area contributed by atoms with Crippen molar-refractivity contribution < 1.29 is 0 Å². The minimum atomic E-state index is 1.21. The van der Waals surface area contributed by atoms with E-state index < -0.39 is 0 Å². The summed E-state index contributed by atoms with van der Waals surface area (Å²) < 4.78 is 2.48. The molecule has 0 saturated heterocycles. The van der Waals surface area contributed by atoms with E-state index in [1.54, 1.807) is 0 Å². The molecule has 2 heterocycles. The molecule has 0 aliphatic rings. The van der Waals surface area contributed by atoms with Crippen LogP contribution >= 0.6 is 0 Å². The van der Waals surface area contributed by atoms with Crippen LogP contribution in [0.5, 0.6) is 0 Å². The van der Waals surface area contributed by atoms with Crippen LogP contribution in [0.4, 0.5) is 0 Å². The summed E-state index contributed by atoms with van der Waals surface area (Å²) in [7, 11) is 0. The van der Waals surface area contributed by atoms with Crippen molar-refractivity contribution >= 4 is 38.1 Å². The van der Waals surface area contributed by atoms with Crippen LogP contribution in [0.15, 0.2) is 212 Å². The Bertz CT molecular complexity index is 3030. The van der Waals surface area contributed by atoms with Crippen molar-refractivity contribution in [3.05, 3.63) is 212 Å². The van der Waals surface area contributed by atoms with Crippen molar-refractivity contribution in [2.24, 2.45) is 0 Å². The third kappa shape index (κ3) is 5.32. The number of rotatable bonds is 6. The van der Waals surface area contributed by atoms with Gasteiger partial charge in [0.05, 0.1) is 16.6 Å². The van der Waals surface area contributed by atoms with Crippen LogP contribution in [-0.4, -0.2) is 4.40 Å². The number of aromatic nitrogens is 1. The number of hydrogen-bond donors (Lipinski definition) is 0. The van der Waals surface area contributed by atoms with Crippen molar-refractivity contribution in [2.45, 2.75) is 0 Å². The summed E-state index contributed by atoms with van der Waals surface area (Å²) in [5, 5.41) is 5.12. The van der Waals surface area contributed by atoms with Crippen molar-refractivity contribution in [1.82, 2.24) is 4.40 Å². The van der Waals surface area contributed by atoms with Crippen LogP contribution in [0.1, 0.15) is 0 Å². The molecule has 0 aliphatic heterocycles. The molecular formula is C54H35N. The smallest absolute Gasteiger partial charge is 0.0620 e. The highest BCUT2D eigenvalue weighted by molar-refractivity contribution is 6.25. The molecule has 0 saturated carbocycles. The molecule has 11 rings (SSSR count). The average molecular weight is 698 g/mol. The van der Waals surface area contributed by atoms with Gasteiger partial charge in [0.2, 0.25) is 0 Å². The Morgan fingerprint density at radius 1 is 0.200 bits per heavy atom. The van der Waals surface area contributed by atoms with Crippen LogP contribution in [0.2, 0.25) is 0 Å². The number of benzene rings is 9. The number of nitrogens with zero attached hydrogens (tertiary/aromatic N) is 1. The quantitative estimate of drug-likeness (QED) is 0.163. The van der Waals surface area contributed by atoms with Gasteiger partial charge in [0.25, 0.3) is 0 Å². The summed E-state index contributed by atoms with van der Waals surface area (Å²) >= 11 is 0. The molecule has 0 spiro atoms. The topological polar surface area (TPSA) is 4.41 Å². The molecule has 55 heavy (non-hydrogen) atoms. The maximum Gasteiger partial charge on any atom is 0.0620 e. The molecule has 0 aliphatic carbocycles. The predicted molar refractivity (Wildman–Crippen MR) is 234 cm³/mol. The van der Waals surface area contributed by atoms with E-state index in [1.807, 2.05) is 0 Å². The Kier molecular flexibility index (Phi) is 7.25. The minimum Gasteiger partial charge on any atom is -0.308 e. The van der Waals surface area contributed by atoms with E-state index in [2.05, 4.69) is 217 Å². The van der Waals surface area contributed by atoms with E-state index in [-0.39, 0.29) is 0 Å². The summed E-state index contributed by atoms with van der Waals surface area (Å²) in [6.07, 6.45) is 0. The maximum atomic E-state index is 2.48. The Balaban J connectivity index is 1.06. The van der Waals surface area contributed by atoms with E-state index in [1.165, 1.54) is 105 Å². The van der Waals surface area contributed by atoms with Crippen LogP contribution in [-0.2, 0) is 0 Å². The second kappa shape index (κ2) is 12.7. The molecule has 0 N–H and O–H groups in total. The number of fused-ring (bicyclic) bond motifs is 6. The van der Waals surface area contributed by atoms with Gasteiger partial charge in [-0.15, -0.1) is 0 Å². The van der Waals surface area contributed by atoms with Crippen LogP contribution in [0.25, 0.3) is 105 Å². The molecule has 0 unspecified atom stereocenters. The standard InChI is InChI=1S/C54H35N/c1-4-12-36(13-5-1)39-22-24-40(25-23-39)41-18-10-19-42(30-41)43-20-11-21-44(31-43)47-34-50-48-32-45(37-14-6-2-7-15-37)26-28-52(48)55-53-29-27-46(38-16-8-3-9-17-38)33-49(53)51(35-47)54(50)55/h1-35H. The third-order valence-corrected chi connectivity index (χ3v) is 11.3. The zero-order chi connectivity index (χ0) is 36.3. The summed E-state index contributed by atoms with van der Waals surface area (Å²) in [5.41, 5.74) is 18.4. The van der Waals surface area contributed by atoms with Gasteiger partial charge in [-0.05, 0) is 115 Å². The highest BCUT2D eigenvalue weighted by Crippen LogP contribution is 2.44. The predicted octanol–water partition coefficient (Wildman–Crippen LogP) is 14.8. The van der Waals surface area contributed by atoms with Gasteiger partial charge >= 0.3 is 0 Å². The molecule has 0 bridgehead atoms. The molecule has 256 valence electrons. The fourth-order valence-corrected chi connectivity index (χ4v) is 8.58. The van der Waals surface area contributed by atoms with E-state index in [0.717, 1.165) is 0 Å². The fourth-order valence-electron chi connectivity index (χ4n) is 8.58. The minimum absolute atomic E-state index is 1.21. The Morgan fingerprint density at radius 3 is 0.945 bits per heavy atom. The van der Waals surface area contributed by atoms with Gasteiger partial charge in [-0.2, -0.15) is 0 Å². The monoisotopic (exact) mass is 697 g/mol. The van der Waals surface area contributed by atoms with Crippen molar-refractivity contribution in [3.63, 3.8) is 0 Å². The molecule has 0 fully saturated rings. The first-order valence-electron chi connectivity index (χ1n) is 19.0. The molecule has 11 aromatic rings. The first-order valence-corrected chi connectivity index (χ1v) is 19.0. The van der Waals surface area contributed by atoms with E-state index in [4.69, 9.17) is 0 Å². The molecular weight excluding hydrogens is 663 g/mol. The summed E-state index contributed by atoms with van der Waals surface area (Å²) in [6.45, 7) is 0. The van der Waals surface area contributed by atoms with Crippen LogP contribution in [0.3, 0.4) is 0 Å². The lowest BCUT2D eigenvalue weighted by Gasteiger charge is -2.10. The first-order chi connectivity index (χ1) is 27.2. The second-order valence-corrected chi connectivity index (χ2v) is 14.6. The Labute approximate surface area is 320 Å². The van der Waals surface area contributed by atoms with Crippen LogP contribution in [0, 0.1) is 0 Å². The fraction of sp³-hybridized carbons (Fsp3) is 0. The average Bonchev–Trinajstić information content (AvgIpc) is 3.78. The molecule has 0 atom stereocenters. The Hall–Kier alpha value is -7.22. The normalized spacial score (nSPS) is 11.6. The van der Waals surface area contributed by atoms with Gasteiger partial charge < -0.3 is 4.40 Å². The SMILES string of the molecule is c1ccc(-c2ccc(-c3cccc(-c4cccc(-c5cc6c7cc(-c8ccccc8)ccc7n7c8ccc(-c9ccccc9)cc8c(c5)c67)c4)c3)cc2)cc1. The van der Waals surface area contributed by atoms with Crippen molar-refractivity contribution in [2.75, 3.05) is 0 Å². The molecule has 2 aromatic heterocycles. The van der Waals surface area contributed by atoms with Gasteiger partial charge in [-0.25, -0.2) is 0 Å². The lowest BCUT2D eigenvalue weighted by atomic mass is 9.94. The summed E-state index contributed by atoms with van der Waals surface area (Å²) in [4.78, 5) is 0. The lowest BCUT2D eigenvalue weighted by molar-refractivity contribution is 1.37. The summed E-state index contributed by atoms with van der Waals surface area (Å²) in [5.74, 6) is 0. The Morgan fingerprint density at radius 2 is 0.491 bits per heavy atom. The maximum absolute atomic E-state index is 2.48. The summed E-state index contributed by atoms with van der Waals surface area (Å²) in [6, 6.07) is 77.6. The van der Waals surface area contributed by atoms with Gasteiger partial charge in [0, 0.05) is 21.5 Å². The first kappa shape index (κ1) is 31.3. The van der Waals surface area contributed by atoms with Gasteiger partial charge in [0.1, 0.15) is 0 Å². The largest absolute Gasteiger partial charge is 0.308 e. The van der Waals surface area contributed by atoms with E-state index in [0.29, 0.717) is 0 Å². The van der Waals surface area contributed by atoms with E-state index >= 15 is 0 Å². The lowest BCUT2D eigenvalue weighted by Crippen LogP contribution is -1.85. The van der Waals surface area contributed by atoms with Gasteiger partial charge in [0.15, 0.2) is 0 Å². The van der Waals surface area contributed by atoms with Crippen LogP contribution < -0.4 is 0 Å². The molecule has 9 aromatic carbocycles. The molecule has 0 radical (unpaired) electrons. The van der Waals surface area contributed by atoms with Crippen molar-refractivity contribution in [1.29, 1.82) is 0 Å². The highest BCUT2D eigenvalue weighted by atomic mass is 14.9. The zero-order valence-electron chi connectivity index (χ0n) is 30.2. The second-order valence-electron chi connectivity index (χ2n) is 14.6. The molecule has 1 heteroatoms. The molecule has 0 amide bonds.